The molecule has 106 valence electrons. The van der Waals surface area contributed by atoms with Crippen molar-refractivity contribution in [3.05, 3.63) is 16.5 Å². The van der Waals surface area contributed by atoms with E-state index in [1.807, 2.05) is 18.7 Å². The molecule has 1 aliphatic rings. The molecule has 0 saturated carbocycles. The van der Waals surface area contributed by atoms with E-state index in [2.05, 4.69) is 0 Å². The molecule has 4 nitrogen and oxygen atoms in total. The molecule has 0 atom stereocenters. The number of carbonyl (C=O) groups excluding carboxylic acids is 1. The molecule has 0 bridgehead atoms. The van der Waals surface area contributed by atoms with Crippen LogP contribution in [0.15, 0.2) is 9.59 Å². The summed E-state index contributed by atoms with van der Waals surface area (Å²) in [6.45, 7) is 6.39. The average Bonchev–Trinajstić information content (AvgIpc) is 2.79. The van der Waals surface area contributed by atoms with E-state index in [9.17, 15) is 13.2 Å². The van der Waals surface area contributed by atoms with Crippen molar-refractivity contribution in [1.82, 2.24) is 4.90 Å². The standard InChI is InChI=1S/C12H16ClNO3S2/c1-8-9(7-18-11(8)19(13,16)17)10(15)14-6-4-5-12(14,2)3/h7H,4-6H2,1-3H3. The lowest BCUT2D eigenvalue weighted by Gasteiger charge is -2.31. The fourth-order valence-electron chi connectivity index (χ4n) is 2.48. The Morgan fingerprint density at radius 2 is 2.11 bits per heavy atom. The van der Waals surface area contributed by atoms with Gasteiger partial charge in [0.2, 0.25) is 0 Å². The molecule has 19 heavy (non-hydrogen) atoms. The second kappa shape index (κ2) is 4.75. The smallest absolute Gasteiger partial charge is 0.271 e. The third kappa shape index (κ3) is 2.66. The van der Waals surface area contributed by atoms with Crippen LogP contribution in [0.5, 0.6) is 0 Å². The van der Waals surface area contributed by atoms with Crippen LogP contribution in [0.2, 0.25) is 0 Å². The first-order valence-corrected chi connectivity index (χ1v) is 9.18. The molecule has 1 aromatic rings. The Morgan fingerprint density at radius 1 is 1.47 bits per heavy atom. The van der Waals surface area contributed by atoms with E-state index in [0.29, 0.717) is 17.7 Å². The molecular weight excluding hydrogens is 306 g/mol. The molecule has 0 radical (unpaired) electrons. The van der Waals surface area contributed by atoms with E-state index in [1.165, 1.54) is 0 Å². The van der Waals surface area contributed by atoms with Crippen LogP contribution >= 0.6 is 22.0 Å². The van der Waals surface area contributed by atoms with Gasteiger partial charge in [-0.1, -0.05) is 0 Å². The van der Waals surface area contributed by atoms with Gasteiger partial charge in [0, 0.05) is 28.1 Å². The maximum Gasteiger partial charge on any atom is 0.271 e. The maximum absolute atomic E-state index is 12.5. The van der Waals surface area contributed by atoms with E-state index in [1.54, 1.807) is 12.3 Å². The SMILES string of the molecule is Cc1c(C(=O)N2CCCC2(C)C)csc1S(=O)(=O)Cl. The van der Waals surface area contributed by atoms with Crippen LogP contribution in [0.1, 0.15) is 42.6 Å². The minimum absolute atomic E-state index is 0.0644. The predicted octanol–water partition coefficient (Wildman–Crippen LogP) is 3.00. The number of hydrogen-bond donors (Lipinski definition) is 0. The summed E-state index contributed by atoms with van der Waals surface area (Å²) in [6, 6.07) is 0. The Balaban J connectivity index is 2.39. The molecule has 1 amide bonds. The van der Waals surface area contributed by atoms with Crippen molar-refractivity contribution in [2.45, 2.75) is 43.4 Å². The lowest BCUT2D eigenvalue weighted by molar-refractivity contribution is 0.0651. The van der Waals surface area contributed by atoms with Crippen LogP contribution in [0.3, 0.4) is 0 Å². The van der Waals surface area contributed by atoms with Crippen LogP contribution in [0.25, 0.3) is 0 Å². The van der Waals surface area contributed by atoms with Crippen molar-refractivity contribution < 1.29 is 13.2 Å². The lowest BCUT2D eigenvalue weighted by Crippen LogP contribution is -2.42. The molecule has 0 aliphatic carbocycles. The molecule has 1 fully saturated rings. The third-order valence-corrected chi connectivity index (χ3v) is 6.90. The molecule has 1 aromatic heterocycles. The minimum Gasteiger partial charge on any atom is -0.333 e. The van der Waals surface area contributed by atoms with Gasteiger partial charge >= 0.3 is 0 Å². The van der Waals surface area contributed by atoms with Gasteiger partial charge in [0.05, 0.1) is 5.56 Å². The number of nitrogens with zero attached hydrogens (tertiary/aromatic N) is 1. The molecule has 2 heterocycles. The third-order valence-electron chi connectivity index (χ3n) is 3.59. The summed E-state index contributed by atoms with van der Waals surface area (Å²) < 4.78 is 22.8. The first-order chi connectivity index (χ1) is 8.64. The van der Waals surface area contributed by atoms with Gasteiger partial charge in [0.15, 0.2) is 0 Å². The van der Waals surface area contributed by atoms with E-state index >= 15 is 0 Å². The number of rotatable bonds is 2. The highest BCUT2D eigenvalue weighted by atomic mass is 35.7. The van der Waals surface area contributed by atoms with Gasteiger partial charge in [0.1, 0.15) is 4.21 Å². The van der Waals surface area contributed by atoms with Crippen LogP contribution in [0.4, 0.5) is 0 Å². The van der Waals surface area contributed by atoms with Crippen LogP contribution in [-0.2, 0) is 9.05 Å². The fraction of sp³-hybridized carbons (Fsp3) is 0.583. The van der Waals surface area contributed by atoms with Crippen molar-refractivity contribution in [2.75, 3.05) is 6.54 Å². The van der Waals surface area contributed by atoms with E-state index in [4.69, 9.17) is 10.7 Å². The Bertz CT molecular complexity index is 619. The molecule has 0 spiro atoms. The molecule has 1 aliphatic heterocycles. The van der Waals surface area contributed by atoms with E-state index in [-0.39, 0.29) is 15.7 Å². The van der Waals surface area contributed by atoms with Crippen molar-refractivity contribution in [3.8, 4) is 0 Å². The van der Waals surface area contributed by atoms with Gasteiger partial charge in [-0.25, -0.2) is 8.42 Å². The number of likely N-dealkylation sites (tertiary alicyclic amines) is 1. The maximum atomic E-state index is 12.5. The Kier molecular flexibility index (Phi) is 3.70. The van der Waals surface area contributed by atoms with E-state index < -0.39 is 9.05 Å². The monoisotopic (exact) mass is 321 g/mol. The van der Waals surface area contributed by atoms with Gasteiger partial charge in [-0.2, -0.15) is 0 Å². The quantitative estimate of drug-likeness (QED) is 0.787. The summed E-state index contributed by atoms with van der Waals surface area (Å²) in [6.07, 6.45) is 1.94. The fourth-order valence-corrected chi connectivity index (χ4v) is 5.02. The van der Waals surface area contributed by atoms with Crippen molar-refractivity contribution >= 4 is 37.0 Å². The average molecular weight is 322 g/mol. The van der Waals surface area contributed by atoms with Crippen molar-refractivity contribution in [1.29, 1.82) is 0 Å². The van der Waals surface area contributed by atoms with Gasteiger partial charge < -0.3 is 4.90 Å². The predicted molar refractivity (Wildman–Crippen MR) is 76.4 cm³/mol. The Labute approximate surface area is 121 Å². The molecule has 0 unspecified atom stereocenters. The van der Waals surface area contributed by atoms with E-state index in [0.717, 1.165) is 24.2 Å². The molecule has 0 N–H and O–H groups in total. The highest BCUT2D eigenvalue weighted by Gasteiger charge is 2.37. The zero-order chi connectivity index (χ0) is 14.4. The molecule has 7 heteroatoms. The summed E-state index contributed by atoms with van der Waals surface area (Å²) >= 11 is 1.00. The summed E-state index contributed by atoms with van der Waals surface area (Å²) in [5.41, 5.74) is 0.720. The second-order valence-electron chi connectivity index (χ2n) is 5.37. The molecule has 2 rings (SSSR count). The van der Waals surface area contributed by atoms with Gasteiger partial charge in [0.25, 0.3) is 15.0 Å². The van der Waals surface area contributed by atoms with Gasteiger partial charge in [-0.05, 0) is 39.2 Å². The summed E-state index contributed by atoms with van der Waals surface area (Å²) in [4.78, 5) is 14.3. The second-order valence-corrected chi connectivity index (χ2v) is 9.01. The summed E-state index contributed by atoms with van der Waals surface area (Å²) in [5, 5.41) is 1.58. The van der Waals surface area contributed by atoms with Crippen molar-refractivity contribution in [3.63, 3.8) is 0 Å². The lowest BCUT2D eigenvalue weighted by atomic mass is 10.0. The summed E-state index contributed by atoms with van der Waals surface area (Å²) in [5.74, 6) is -0.109. The zero-order valence-electron chi connectivity index (χ0n) is 11.1. The highest BCUT2D eigenvalue weighted by Crippen LogP contribution is 2.34. The summed E-state index contributed by atoms with van der Waals surface area (Å²) in [7, 11) is 1.58. The number of halogens is 1. The van der Waals surface area contributed by atoms with Crippen LogP contribution < -0.4 is 0 Å². The number of hydrogen-bond acceptors (Lipinski definition) is 4. The number of thiophene rings is 1. The van der Waals surface area contributed by atoms with Crippen molar-refractivity contribution in [2.24, 2.45) is 0 Å². The highest BCUT2D eigenvalue weighted by molar-refractivity contribution is 8.15. The Morgan fingerprint density at radius 3 is 2.53 bits per heavy atom. The minimum atomic E-state index is -3.78. The number of amides is 1. The van der Waals surface area contributed by atoms with Gasteiger partial charge in [-0.3, -0.25) is 4.79 Å². The first kappa shape index (κ1) is 14.8. The largest absolute Gasteiger partial charge is 0.333 e. The van der Waals surface area contributed by atoms with Crippen LogP contribution in [-0.4, -0.2) is 31.3 Å². The molecular formula is C12H16ClNO3S2. The normalized spacial score (nSPS) is 18.8. The number of carbonyl (C=O) groups is 1. The zero-order valence-corrected chi connectivity index (χ0v) is 13.5. The molecule has 1 saturated heterocycles. The molecule has 0 aromatic carbocycles. The topological polar surface area (TPSA) is 54.5 Å². The Hall–Kier alpha value is -0.590. The van der Waals surface area contributed by atoms with Crippen LogP contribution in [0, 0.1) is 6.92 Å². The van der Waals surface area contributed by atoms with Gasteiger partial charge in [-0.15, -0.1) is 11.3 Å². The first-order valence-electron chi connectivity index (χ1n) is 5.99.